The van der Waals surface area contributed by atoms with Crippen molar-refractivity contribution in [2.75, 3.05) is 18.0 Å². The molecular weight excluding hydrogens is 660 g/mol. The van der Waals surface area contributed by atoms with Crippen LogP contribution in [0.2, 0.25) is 0 Å². The first-order valence-electron chi connectivity index (χ1n) is 12.2. The lowest BCUT2D eigenvalue weighted by Gasteiger charge is -2.24. The van der Waals surface area contributed by atoms with Gasteiger partial charge in [0.05, 0.1) is 34.1 Å². The van der Waals surface area contributed by atoms with Crippen molar-refractivity contribution in [1.82, 2.24) is 9.99 Å². The molecule has 4 rings (SSSR count). The first-order chi connectivity index (χ1) is 19.0. The molecule has 11 heteroatoms. The number of amides is 1. The summed E-state index contributed by atoms with van der Waals surface area (Å²) in [5, 5.41) is 4.13. The SMILES string of the molecule is COc1ccc(S(=O)(=O)N(CC(=O)N/N=C\c2cc(C)n(-c3ccccc3Br)c2C)c2ccc(C)cc2)cc1Br. The van der Waals surface area contributed by atoms with Gasteiger partial charge >= 0.3 is 0 Å². The molecule has 208 valence electrons. The zero-order valence-corrected chi connectivity index (χ0v) is 26.3. The number of hydrogen-bond acceptors (Lipinski definition) is 5. The molecule has 4 aromatic rings. The average molecular weight is 688 g/mol. The van der Waals surface area contributed by atoms with Crippen molar-refractivity contribution >= 4 is 59.7 Å². The van der Waals surface area contributed by atoms with E-state index in [1.54, 1.807) is 36.5 Å². The highest BCUT2D eigenvalue weighted by atomic mass is 79.9. The van der Waals surface area contributed by atoms with Crippen LogP contribution >= 0.6 is 31.9 Å². The molecule has 0 aliphatic heterocycles. The van der Waals surface area contributed by atoms with Crippen LogP contribution < -0.4 is 14.5 Å². The van der Waals surface area contributed by atoms with Gasteiger partial charge < -0.3 is 9.30 Å². The summed E-state index contributed by atoms with van der Waals surface area (Å²) in [7, 11) is -2.61. The molecule has 0 unspecified atom stereocenters. The van der Waals surface area contributed by atoms with E-state index in [1.807, 2.05) is 51.1 Å². The van der Waals surface area contributed by atoms with Gasteiger partial charge in [-0.25, -0.2) is 13.8 Å². The van der Waals surface area contributed by atoms with Gasteiger partial charge in [0.1, 0.15) is 12.3 Å². The fraction of sp³-hybridized carbons (Fsp3) is 0.172. The number of nitrogens with one attached hydrogen (secondary N) is 1. The van der Waals surface area contributed by atoms with Crippen LogP contribution in [0.25, 0.3) is 5.69 Å². The van der Waals surface area contributed by atoms with Crippen molar-refractivity contribution in [2.24, 2.45) is 5.10 Å². The van der Waals surface area contributed by atoms with E-state index >= 15 is 0 Å². The Labute approximate surface area is 251 Å². The van der Waals surface area contributed by atoms with E-state index in [-0.39, 0.29) is 4.90 Å². The quantitative estimate of drug-likeness (QED) is 0.166. The number of rotatable bonds is 9. The minimum absolute atomic E-state index is 0.0107. The van der Waals surface area contributed by atoms with Crippen molar-refractivity contribution in [3.63, 3.8) is 0 Å². The van der Waals surface area contributed by atoms with Crippen LogP contribution in [0.15, 0.2) is 91.7 Å². The minimum atomic E-state index is -4.10. The molecule has 0 aliphatic carbocycles. The number of hydrogen-bond donors (Lipinski definition) is 1. The van der Waals surface area contributed by atoms with Crippen LogP contribution in [0, 0.1) is 20.8 Å². The molecule has 3 aromatic carbocycles. The summed E-state index contributed by atoms with van der Waals surface area (Å²) in [5.41, 5.74) is 7.55. The molecule has 0 saturated heterocycles. The molecule has 1 aromatic heterocycles. The van der Waals surface area contributed by atoms with Gasteiger partial charge in [-0.05, 0) is 101 Å². The third-order valence-corrected chi connectivity index (χ3v) is 9.34. The van der Waals surface area contributed by atoms with Crippen LogP contribution in [0.5, 0.6) is 5.75 Å². The van der Waals surface area contributed by atoms with Gasteiger partial charge in [0.25, 0.3) is 15.9 Å². The van der Waals surface area contributed by atoms with Gasteiger partial charge in [-0.3, -0.25) is 9.10 Å². The summed E-state index contributed by atoms with van der Waals surface area (Å²) in [6, 6.07) is 21.2. The number of hydrazone groups is 1. The van der Waals surface area contributed by atoms with Crippen molar-refractivity contribution < 1.29 is 17.9 Å². The van der Waals surface area contributed by atoms with Gasteiger partial charge in [-0.15, -0.1) is 0 Å². The molecule has 1 heterocycles. The maximum atomic E-state index is 13.7. The lowest BCUT2D eigenvalue weighted by molar-refractivity contribution is -0.119. The number of methoxy groups -OCH3 is 1. The lowest BCUT2D eigenvalue weighted by atomic mass is 10.2. The Morgan fingerprint density at radius 3 is 2.35 bits per heavy atom. The average Bonchev–Trinajstić information content (AvgIpc) is 3.20. The second-order valence-corrected chi connectivity index (χ2v) is 12.6. The number of ether oxygens (including phenoxy) is 1. The second kappa shape index (κ2) is 12.4. The summed E-state index contributed by atoms with van der Waals surface area (Å²) in [6.07, 6.45) is 1.55. The number of para-hydroxylation sites is 1. The fourth-order valence-corrected chi connectivity index (χ4v) is 6.82. The third-order valence-electron chi connectivity index (χ3n) is 6.28. The Morgan fingerprint density at radius 1 is 1.00 bits per heavy atom. The molecule has 0 fully saturated rings. The topological polar surface area (TPSA) is 93.0 Å². The normalized spacial score (nSPS) is 11.6. The monoisotopic (exact) mass is 686 g/mol. The highest BCUT2D eigenvalue weighted by Crippen LogP contribution is 2.31. The van der Waals surface area contributed by atoms with Crippen LogP contribution in [0.4, 0.5) is 5.69 Å². The summed E-state index contributed by atoms with van der Waals surface area (Å²) >= 11 is 6.94. The predicted octanol–water partition coefficient (Wildman–Crippen LogP) is 6.28. The molecule has 0 radical (unpaired) electrons. The molecule has 1 N–H and O–H groups in total. The smallest absolute Gasteiger partial charge is 0.264 e. The van der Waals surface area contributed by atoms with E-state index < -0.39 is 22.5 Å². The molecule has 0 atom stereocenters. The van der Waals surface area contributed by atoms with E-state index in [0.717, 1.165) is 37.0 Å². The number of aryl methyl sites for hydroxylation is 2. The number of anilines is 1. The third kappa shape index (κ3) is 6.32. The Balaban J connectivity index is 1.58. The van der Waals surface area contributed by atoms with Crippen LogP contribution in [0.3, 0.4) is 0 Å². The van der Waals surface area contributed by atoms with Gasteiger partial charge in [0, 0.05) is 21.4 Å². The molecular formula is C29H28Br2N4O4S. The van der Waals surface area contributed by atoms with Gasteiger partial charge in [0.2, 0.25) is 0 Å². The first kappa shape index (κ1) is 29.6. The number of halogens is 2. The van der Waals surface area contributed by atoms with Crippen molar-refractivity contribution in [3.8, 4) is 11.4 Å². The van der Waals surface area contributed by atoms with E-state index in [9.17, 15) is 13.2 Å². The Bertz CT molecular complexity index is 1680. The van der Waals surface area contributed by atoms with Crippen molar-refractivity contribution in [2.45, 2.75) is 25.7 Å². The van der Waals surface area contributed by atoms with Crippen molar-refractivity contribution in [3.05, 3.63) is 104 Å². The highest BCUT2D eigenvalue weighted by molar-refractivity contribution is 9.11. The molecule has 0 aliphatic rings. The summed E-state index contributed by atoms with van der Waals surface area (Å²) in [5.74, 6) is -0.0977. The summed E-state index contributed by atoms with van der Waals surface area (Å²) in [4.78, 5) is 13.0. The van der Waals surface area contributed by atoms with E-state index in [1.165, 1.54) is 19.2 Å². The number of carbonyl (C=O) groups is 1. The minimum Gasteiger partial charge on any atom is -0.496 e. The Hall–Kier alpha value is -3.41. The van der Waals surface area contributed by atoms with E-state index in [0.29, 0.717) is 15.9 Å². The predicted molar refractivity (Wildman–Crippen MR) is 165 cm³/mol. The maximum Gasteiger partial charge on any atom is 0.264 e. The number of carbonyl (C=O) groups excluding carboxylic acids is 1. The standard InChI is InChI=1S/C29H28Br2N4O4S/c1-19-9-11-23(12-10-19)34(40(37,38)24-13-14-28(39-4)26(31)16-24)18-29(36)33-32-17-22-15-20(2)35(21(22)3)27-8-6-5-7-25(27)30/h5-17H,18H2,1-4H3,(H,33,36)/b32-17-. The molecule has 1 amide bonds. The molecule has 40 heavy (non-hydrogen) atoms. The first-order valence-corrected chi connectivity index (χ1v) is 15.2. The van der Waals surface area contributed by atoms with Gasteiger partial charge in [0.15, 0.2) is 0 Å². The van der Waals surface area contributed by atoms with E-state index in [4.69, 9.17) is 4.74 Å². The fourth-order valence-electron chi connectivity index (χ4n) is 4.22. The zero-order chi connectivity index (χ0) is 29.0. The molecule has 0 saturated carbocycles. The largest absolute Gasteiger partial charge is 0.496 e. The number of aromatic nitrogens is 1. The van der Waals surface area contributed by atoms with Crippen LogP contribution in [0.1, 0.15) is 22.5 Å². The maximum absolute atomic E-state index is 13.7. The number of benzene rings is 3. The van der Waals surface area contributed by atoms with Gasteiger partial charge in [-0.1, -0.05) is 29.8 Å². The second-order valence-electron chi connectivity index (χ2n) is 9.05. The number of sulfonamides is 1. The Morgan fingerprint density at radius 2 is 1.70 bits per heavy atom. The highest BCUT2D eigenvalue weighted by Gasteiger charge is 2.28. The summed E-state index contributed by atoms with van der Waals surface area (Å²) in [6.45, 7) is 5.39. The van der Waals surface area contributed by atoms with E-state index in [2.05, 4.69) is 47.0 Å². The Kier molecular flexibility index (Phi) is 9.17. The van der Waals surface area contributed by atoms with Gasteiger partial charge in [-0.2, -0.15) is 5.10 Å². The lowest BCUT2D eigenvalue weighted by Crippen LogP contribution is -2.39. The van der Waals surface area contributed by atoms with Crippen LogP contribution in [-0.4, -0.2) is 38.8 Å². The number of nitrogens with zero attached hydrogens (tertiary/aromatic N) is 3. The molecule has 0 bridgehead atoms. The molecule has 8 nitrogen and oxygen atoms in total. The molecule has 0 spiro atoms. The zero-order valence-electron chi connectivity index (χ0n) is 22.4. The van der Waals surface area contributed by atoms with Crippen LogP contribution in [-0.2, 0) is 14.8 Å². The summed E-state index contributed by atoms with van der Waals surface area (Å²) < 4.78 is 37.2. The van der Waals surface area contributed by atoms with Crippen molar-refractivity contribution in [1.29, 1.82) is 0 Å².